The summed E-state index contributed by atoms with van der Waals surface area (Å²) in [6.45, 7) is 6.01. The van der Waals surface area contributed by atoms with Crippen LogP contribution in [-0.4, -0.2) is 52.3 Å². The van der Waals surface area contributed by atoms with E-state index < -0.39 is 17.4 Å². The number of hydrogen-bond acceptors (Lipinski definition) is 3. The van der Waals surface area contributed by atoms with Crippen molar-refractivity contribution < 1.29 is 19.8 Å². The zero-order valence-corrected chi connectivity index (χ0v) is 12.6. The number of carbonyl (C=O) groups excluding carboxylic acids is 1. The molecule has 1 aliphatic rings. The Labute approximate surface area is 120 Å². The van der Waals surface area contributed by atoms with Gasteiger partial charge in [-0.25, -0.2) is 9.59 Å². The molecule has 1 rings (SSSR count). The minimum Gasteiger partial charge on any atom is -0.480 e. The summed E-state index contributed by atoms with van der Waals surface area (Å²) in [5.41, 5.74) is -0.552. The van der Waals surface area contributed by atoms with Gasteiger partial charge in [-0.05, 0) is 31.1 Å². The van der Waals surface area contributed by atoms with Crippen LogP contribution in [0.2, 0.25) is 0 Å². The Morgan fingerprint density at radius 2 is 2.00 bits per heavy atom. The number of piperidine rings is 1. The van der Waals surface area contributed by atoms with E-state index in [2.05, 4.69) is 5.32 Å². The van der Waals surface area contributed by atoms with Crippen LogP contribution in [-0.2, 0) is 4.79 Å². The molecule has 0 aromatic carbocycles. The van der Waals surface area contributed by atoms with Crippen LogP contribution >= 0.6 is 0 Å². The van der Waals surface area contributed by atoms with Gasteiger partial charge in [-0.1, -0.05) is 20.8 Å². The van der Waals surface area contributed by atoms with E-state index in [0.717, 1.165) is 19.3 Å². The number of carboxylic acid groups (broad SMARTS) is 1. The van der Waals surface area contributed by atoms with E-state index >= 15 is 0 Å². The van der Waals surface area contributed by atoms with E-state index in [1.807, 2.05) is 0 Å². The van der Waals surface area contributed by atoms with E-state index in [1.54, 1.807) is 25.7 Å². The maximum Gasteiger partial charge on any atom is 0.326 e. The summed E-state index contributed by atoms with van der Waals surface area (Å²) in [6.07, 6.45) is 3.36. The van der Waals surface area contributed by atoms with Crippen LogP contribution in [0, 0.1) is 5.41 Å². The van der Waals surface area contributed by atoms with Crippen molar-refractivity contribution in [2.24, 2.45) is 5.41 Å². The number of aliphatic carboxylic acids is 1. The molecule has 1 saturated heterocycles. The molecule has 0 spiro atoms. The summed E-state index contributed by atoms with van der Waals surface area (Å²) in [6, 6.07) is -1.26. The van der Waals surface area contributed by atoms with E-state index in [0.29, 0.717) is 13.0 Å². The second-order valence-corrected chi connectivity index (χ2v) is 6.44. The van der Waals surface area contributed by atoms with Crippen LogP contribution in [0.5, 0.6) is 0 Å². The van der Waals surface area contributed by atoms with Crippen molar-refractivity contribution in [3.05, 3.63) is 0 Å². The molecule has 6 heteroatoms. The van der Waals surface area contributed by atoms with Gasteiger partial charge in [0.15, 0.2) is 0 Å². The number of hydrogen-bond donors (Lipinski definition) is 3. The number of aliphatic hydroxyl groups excluding tert-OH is 1. The fourth-order valence-electron chi connectivity index (χ4n) is 2.57. The minimum atomic E-state index is -1.03. The van der Waals surface area contributed by atoms with Gasteiger partial charge in [0.1, 0.15) is 6.04 Å². The third-order valence-electron chi connectivity index (χ3n) is 3.73. The SMILES string of the molecule is CC(C)(C)[C@H](NC(=O)N1CCCCC1CCO)C(=O)O. The zero-order chi connectivity index (χ0) is 15.3. The third-order valence-corrected chi connectivity index (χ3v) is 3.73. The number of likely N-dealkylation sites (tertiary alicyclic amines) is 1. The number of rotatable bonds is 4. The standard InChI is InChI=1S/C14H26N2O4/c1-14(2,3)11(12(18)19)15-13(20)16-8-5-4-6-10(16)7-9-17/h10-11,17H,4-9H2,1-3H3,(H,15,20)(H,18,19)/t10?,11-/m1/s1. The van der Waals surface area contributed by atoms with Crippen molar-refractivity contribution in [2.45, 2.75) is 58.5 Å². The molecule has 0 bridgehead atoms. The van der Waals surface area contributed by atoms with Gasteiger partial charge in [0.05, 0.1) is 0 Å². The molecular formula is C14H26N2O4. The molecule has 0 aromatic heterocycles. The van der Waals surface area contributed by atoms with E-state index in [9.17, 15) is 14.7 Å². The monoisotopic (exact) mass is 286 g/mol. The van der Waals surface area contributed by atoms with Crippen molar-refractivity contribution in [1.82, 2.24) is 10.2 Å². The maximum absolute atomic E-state index is 12.3. The van der Waals surface area contributed by atoms with Gasteiger partial charge in [-0.15, -0.1) is 0 Å². The lowest BCUT2D eigenvalue weighted by Crippen LogP contribution is -2.56. The number of aliphatic hydroxyl groups is 1. The Kier molecular flexibility index (Phi) is 5.80. The summed E-state index contributed by atoms with van der Waals surface area (Å²) >= 11 is 0. The van der Waals surface area contributed by atoms with Gasteiger partial charge in [0, 0.05) is 19.2 Å². The predicted molar refractivity (Wildman–Crippen MR) is 75.5 cm³/mol. The Morgan fingerprint density at radius 3 is 2.50 bits per heavy atom. The van der Waals surface area contributed by atoms with Crippen molar-refractivity contribution >= 4 is 12.0 Å². The van der Waals surface area contributed by atoms with Gasteiger partial charge in [0.25, 0.3) is 0 Å². The Morgan fingerprint density at radius 1 is 1.35 bits per heavy atom. The van der Waals surface area contributed by atoms with Crippen molar-refractivity contribution in [1.29, 1.82) is 0 Å². The van der Waals surface area contributed by atoms with Crippen LogP contribution in [0.4, 0.5) is 4.79 Å². The quantitative estimate of drug-likeness (QED) is 0.729. The van der Waals surface area contributed by atoms with E-state index in [1.165, 1.54) is 0 Å². The first-order valence-corrected chi connectivity index (χ1v) is 7.18. The molecule has 0 aliphatic carbocycles. The summed E-state index contributed by atoms with van der Waals surface area (Å²) in [5, 5.41) is 20.9. The van der Waals surface area contributed by atoms with Gasteiger partial charge in [0.2, 0.25) is 0 Å². The third kappa shape index (κ3) is 4.37. The molecule has 3 N–H and O–H groups in total. The average Bonchev–Trinajstić information content (AvgIpc) is 2.35. The minimum absolute atomic E-state index is 0.00293. The van der Waals surface area contributed by atoms with Gasteiger partial charge in [-0.3, -0.25) is 0 Å². The topological polar surface area (TPSA) is 89.9 Å². The molecule has 1 aliphatic heterocycles. The summed E-state index contributed by atoms with van der Waals surface area (Å²) in [7, 11) is 0. The molecule has 1 heterocycles. The Hall–Kier alpha value is -1.30. The fraction of sp³-hybridized carbons (Fsp3) is 0.857. The van der Waals surface area contributed by atoms with Crippen LogP contribution in [0.3, 0.4) is 0 Å². The predicted octanol–water partition coefficient (Wildman–Crippen LogP) is 1.43. The van der Waals surface area contributed by atoms with Crippen LogP contribution in [0.15, 0.2) is 0 Å². The molecule has 20 heavy (non-hydrogen) atoms. The average molecular weight is 286 g/mol. The molecule has 2 amide bonds. The molecule has 0 aromatic rings. The Bertz CT molecular complexity index is 350. The number of carboxylic acids is 1. The lowest BCUT2D eigenvalue weighted by Gasteiger charge is -2.37. The van der Waals surface area contributed by atoms with Crippen molar-refractivity contribution in [2.75, 3.05) is 13.2 Å². The molecule has 0 radical (unpaired) electrons. The first-order chi connectivity index (χ1) is 9.27. The lowest BCUT2D eigenvalue weighted by molar-refractivity contribution is -0.142. The maximum atomic E-state index is 12.3. The highest BCUT2D eigenvalue weighted by molar-refractivity contribution is 5.83. The second kappa shape index (κ2) is 6.92. The van der Waals surface area contributed by atoms with E-state index in [-0.39, 0.29) is 18.7 Å². The summed E-state index contributed by atoms with van der Waals surface area (Å²) in [5.74, 6) is -1.03. The lowest BCUT2D eigenvalue weighted by atomic mass is 9.87. The number of carbonyl (C=O) groups is 2. The molecular weight excluding hydrogens is 260 g/mol. The number of amides is 2. The summed E-state index contributed by atoms with van der Waals surface area (Å²) < 4.78 is 0. The molecule has 2 atom stereocenters. The molecule has 1 unspecified atom stereocenters. The normalized spacial score (nSPS) is 21.4. The number of nitrogens with zero attached hydrogens (tertiary/aromatic N) is 1. The summed E-state index contributed by atoms with van der Waals surface area (Å²) in [4.78, 5) is 25.3. The van der Waals surface area contributed by atoms with Gasteiger partial charge in [-0.2, -0.15) is 0 Å². The Balaban J connectivity index is 2.74. The smallest absolute Gasteiger partial charge is 0.326 e. The first kappa shape index (κ1) is 16.8. The van der Waals surface area contributed by atoms with E-state index in [4.69, 9.17) is 5.11 Å². The highest BCUT2D eigenvalue weighted by Crippen LogP contribution is 2.22. The molecule has 6 nitrogen and oxygen atoms in total. The highest BCUT2D eigenvalue weighted by Gasteiger charge is 2.35. The fourth-order valence-corrected chi connectivity index (χ4v) is 2.57. The number of urea groups is 1. The van der Waals surface area contributed by atoms with Gasteiger partial charge >= 0.3 is 12.0 Å². The largest absolute Gasteiger partial charge is 0.480 e. The van der Waals surface area contributed by atoms with Crippen molar-refractivity contribution in [3.63, 3.8) is 0 Å². The second-order valence-electron chi connectivity index (χ2n) is 6.44. The molecule has 116 valence electrons. The van der Waals surface area contributed by atoms with Crippen LogP contribution < -0.4 is 5.32 Å². The van der Waals surface area contributed by atoms with Crippen LogP contribution in [0.25, 0.3) is 0 Å². The zero-order valence-electron chi connectivity index (χ0n) is 12.6. The van der Waals surface area contributed by atoms with Crippen LogP contribution in [0.1, 0.15) is 46.5 Å². The molecule has 0 saturated carbocycles. The van der Waals surface area contributed by atoms with Gasteiger partial charge < -0.3 is 20.4 Å². The van der Waals surface area contributed by atoms with Crippen molar-refractivity contribution in [3.8, 4) is 0 Å². The highest BCUT2D eigenvalue weighted by atomic mass is 16.4. The molecule has 1 fully saturated rings. The number of nitrogens with one attached hydrogen (secondary N) is 1. The first-order valence-electron chi connectivity index (χ1n) is 7.18.